The zero-order valence-electron chi connectivity index (χ0n) is 13.1. The van der Waals surface area contributed by atoms with Crippen molar-refractivity contribution < 1.29 is 13.9 Å². The summed E-state index contributed by atoms with van der Waals surface area (Å²) in [5, 5.41) is 0. The highest BCUT2D eigenvalue weighted by Crippen LogP contribution is 2.32. The van der Waals surface area contributed by atoms with Gasteiger partial charge in [0.15, 0.2) is 0 Å². The molecule has 5 nitrogen and oxygen atoms in total. The number of rotatable bonds is 5. The lowest BCUT2D eigenvalue weighted by molar-refractivity contribution is -0.137. The van der Waals surface area contributed by atoms with Crippen LogP contribution >= 0.6 is 0 Å². The fourth-order valence-corrected chi connectivity index (χ4v) is 2.97. The Hall–Kier alpha value is -2.21. The maximum Gasteiger partial charge on any atom is 0.249 e. The molecule has 23 heavy (non-hydrogen) atoms. The second kappa shape index (κ2) is 6.91. The Morgan fingerprint density at radius 1 is 1.48 bits per heavy atom. The minimum absolute atomic E-state index is 0.0126. The van der Waals surface area contributed by atoms with Gasteiger partial charge in [0.1, 0.15) is 24.9 Å². The van der Waals surface area contributed by atoms with E-state index in [9.17, 15) is 9.18 Å². The molecule has 1 saturated heterocycles. The zero-order chi connectivity index (χ0) is 16.2. The Balaban J connectivity index is 1.59. The van der Waals surface area contributed by atoms with Gasteiger partial charge in [-0.05, 0) is 30.5 Å². The van der Waals surface area contributed by atoms with Gasteiger partial charge in [0.05, 0.1) is 6.04 Å². The quantitative estimate of drug-likeness (QED) is 0.851. The van der Waals surface area contributed by atoms with Gasteiger partial charge in [-0.1, -0.05) is 12.1 Å². The Bertz CT molecular complexity index is 686. The molecule has 6 heteroatoms. The van der Waals surface area contributed by atoms with E-state index in [2.05, 4.69) is 4.98 Å². The first-order valence-corrected chi connectivity index (χ1v) is 7.74. The number of ether oxygens (including phenoxy) is 1. The molecule has 0 aliphatic carbocycles. The first kappa shape index (κ1) is 15.7. The molecule has 0 bridgehead atoms. The molecule has 1 aromatic heterocycles. The number of carbonyl (C=O) groups excluding carboxylic acids is 1. The van der Waals surface area contributed by atoms with E-state index in [1.54, 1.807) is 17.2 Å². The number of imidazole rings is 1. The summed E-state index contributed by atoms with van der Waals surface area (Å²) < 4.78 is 20.8. The molecule has 1 fully saturated rings. The molecule has 2 heterocycles. The van der Waals surface area contributed by atoms with Gasteiger partial charge in [0.25, 0.3) is 0 Å². The number of amides is 1. The van der Waals surface area contributed by atoms with Crippen LogP contribution in [0, 0.1) is 5.82 Å². The molecule has 1 aromatic carbocycles. The number of nitrogens with zero attached hydrogens (tertiary/aromatic N) is 3. The predicted octanol–water partition coefficient (Wildman–Crippen LogP) is 2.44. The monoisotopic (exact) mass is 317 g/mol. The molecule has 122 valence electrons. The predicted molar refractivity (Wildman–Crippen MR) is 83.0 cm³/mol. The zero-order valence-corrected chi connectivity index (χ0v) is 13.1. The maximum atomic E-state index is 13.4. The SMILES string of the molecule is Cn1ccnc1COCC(=O)N1CCCC1c1cccc(F)c1. The highest BCUT2D eigenvalue weighted by atomic mass is 19.1. The number of hydrogen-bond donors (Lipinski definition) is 0. The van der Waals surface area contributed by atoms with Crippen LogP contribution in [-0.2, 0) is 23.2 Å². The van der Waals surface area contributed by atoms with E-state index in [1.165, 1.54) is 12.1 Å². The standard InChI is InChI=1S/C17H20FN3O2/c1-20-9-7-19-16(20)11-23-12-17(22)21-8-3-6-15(21)13-4-2-5-14(18)10-13/h2,4-5,7,9-10,15H,3,6,8,11-12H2,1H3. The van der Waals surface area contributed by atoms with Crippen LogP contribution in [0.1, 0.15) is 30.3 Å². The highest BCUT2D eigenvalue weighted by Gasteiger charge is 2.30. The van der Waals surface area contributed by atoms with E-state index in [1.807, 2.05) is 23.9 Å². The average molecular weight is 317 g/mol. The van der Waals surface area contributed by atoms with Gasteiger partial charge in [0, 0.05) is 26.0 Å². The Morgan fingerprint density at radius 2 is 2.35 bits per heavy atom. The molecule has 0 spiro atoms. The molecule has 2 aromatic rings. The summed E-state index contributed by atoms with van der Waals surface area (Å²) in [7, 11) is 1.88. The summed E-state index contributed by atoms with van der Waals surface area (Å²) in [6.07, 6.45) is 5.31. The van der Waals surface area contributed by atoms with Crippen LogP contribution < -0.4 is 0 Å². The smallest absolute Gasteiger partial charge is 0.249 e. The Labute approximate surface area is 134 Å². The summed E-state index contributed by atoms with van der Waals surface area (Å²) in [6, 6.07) is 6.41. The normalized spacial score (nSPS) is 17.7. The maximum absolute atomic E-state index is 13.4. The third kappa shape index (κ3) is 3.59. The summed E-state index contributed by atoms with van der Waals surface area (Å²) >= 11 is 0. The van der Waals surface area contributed by atoms with Gasteiger partial charge >= 0.3 is 0 Å². The summed E-state index contributed by atoms with van der Waals surface area (Å²) in [6.45, 7) is 0.998. The number of aromatic nitrogens is 2. The van der Waals surface area contributed by atoms with Crippen LogP contribution in [0.25, 0.3) is 0 Å². The van der Waals surface area contributed by atoms with Crippen molar-refractivity contribution in [2.45, 2.75) is 25.5 Å². The first-order chi connectivity index (χ1) is 11.1. The van der Waals surface area contributed by atoms with Crippen LogP contribution in [0.2, 0.25) is 0 Å². The summed E-state index contributed by atoms with van der Waals surface area (Å²) in [5.41, 5.74) is 0.847. The van der Waals surface area contributed by atoms with E-state index < -0.39 is 0 Å². The van der Waals surface area contributed by atoms with Crippen molar-refractivity contribution >= 4 is 5.91 Å². The number of hydrogen-bond acceptors (Lipinski definition) is 3. The van der Waals surface area contributed by atoms with Crippen molar-refractivity contribution in [3.8, 4) is 0 Å². The first-order valence-electron chi connectivity index (χ1n) is 7.74. The van der Waals surface area contributed by atoms with E-state index in [-0.39, 0.29) is 24.4 Å². The number of likely N-dealkylation sites (tertiary alicyclic amines) is 1. The van der Waals surface area contributed by atoms with Gasteiger partial charge in [-0.2, -0.15) is 0 Å². The van der Waals surface area contributed by atoms with E-state index in [0.29, 0.717) is 13.2 Å². The molecular weight excluding hydrogens is 297 g/mol. The lowest BCUT2D eigenvalue weighted by Crippen LogP contribution is -2.33. The van der Waals surface area contributed by atoms with Crippen molar-refractivity contribution in [2.24, 2.45) is 7.05 Å². The van der Waals surface area contributed by atoms with Gasteiger partial charge in [-0.15, -0.1) is 0 Å². The van der Waals surface area contributed by atoms with Crippen LogP contribution in [0.5, 0.6) is 0 Å². The second-order valence-corrected chi connectivity index (χ2v) is 5.75. The summed E-state index contributed by atoms with van der Waals surface area (Å²) in [5.74, 6) is 0.444. The van der Waals surface area contributed by atoms with Crippen LogP contribution in [0.3, 0.4) is 0 Å². The number of aryl methyl sites for hydroxylation is 1. The Kier molecular flexibility index (Phi) is 4.71. The lowest BCUT2D eigenvalue weighted by Gasteiger charge is -2.25. The fraction of sp³-hybridized carbons (Fsp3) is 0.412. The largest absolute Gasteiger partial charge is 0.364 e. The van der Waals surface area contributed by atoms with Crippen LogP contribution in [0.4, 0.5) is 4.39 Å². The molecule has 3 rings (SSSR count). The summed E-state index contributed by atoms with van der Waals surface area (Å²) in [4.78, 5) is 18.3. The van der Waals surface area contributed by atoms with E-state index in [0.717, 1.165) is 24.2 Å². The topological polar surface area (TPSA) is 47.4 Å². The molecule has 1 aliphatic heterocycles. The molecular formula is C17H20FN3O2. The third-order valence-corrected chi connectivity index (χ3v) is 4.18. The van der Waals surface area contributed by atoms with Gasteiger partial charge < -0.3 is 14.2 Å². The molecule has 1 amide bonds. The van der Waals surface area contributed by atoms with Crippen molar-refractivity contribution in [1.82, 2.24) is 14.5 Å². The minimum atomic E-state index is -0.271. The molecule has 1 aliphatic rings. The number of benzene rings is 1. The van der Waals surface area contributed by atoms with Crippen molar-refractivity contribution in [1.29, 1.82) is 0 Å². The molecule has 0 saturated carbocycles. The van der Waals surface area contributed by atoms with Crippen molar-refractivity contribution in [3.05, 3.63) is 53.9 Å². The van der Waals surface area contributed by atoms with Crippen molar-refractivity contribution in [2.75, 3.05) is 13.2 Å². The molecule has 1 atom stereocenters. The molecule has 1 unspecified atom stereocenters. The van der Waals surface area contributed by atoms with Crippen LogP contribution in [-0.4, -0.2) is 33.5 Å². The highest BCUT2D eigenvalue weighted by molar-refractivity contribution is 5.78. The van der Waals surface area contributed by atoms with Crippen molar-refractivity contribution in [3.63, 3.8) is 0 Å². The lowest BCUT2D eigenvalue weighted by atomic mass is 10.0. The second-order valence-electron chi connectivity index (χ2n) is 5.75. The average Bonchev–Trinajstić information content (AvgIpc) is 3.17. The van der Waals surface area contributed by atoms with E-state index in [4.69, 9.17) is 4.74 Å². The van der Waals surface area contributed by atoms with E-state index >= 15 is 0 Å². The third-order valence-electron chi connectivity index (χ3n) is 4.18. The Morgan fingerprint density at radius 3 is 3.09 bits per heavy atom. The fourth-order valence-electron chi connectivity index (χ4n) is 2.97. The van der Waals surface area contributed by atoms with Gasteiger partial charge in [-0.25, -0.2) is 9.37 Å². The van der Waals surface area contributed by atoms with Gasteiger partial charge in [-0.3, -0.25) is 4.79 Å². The number of carbonyl (C=O) groups is 1. The molecule has 0 radical (unpaired) electrons. The van der Waals surface area contributed by atoms with Gasteiger partial charge in [0.2, 0.25) is 5.91 Å². The minimum Gasteiger partial charge on any atom is -0.364 e. The molecule has 0 N–H and O–H groups in total. The van der Waals surface area contributed by atoms with Crippen LogP contribution in [0.15, 0.2) is 36.7 Å². The number of halogens is 1.